The molecule has 0 bridgehead atoms. The molecule has 0 saturated carbocycles. The topological polar surface area (TPSA) is 23.8 Å². The minimum atomic E-state index is 0. The van der Waals surface area contributed by atoms with Crippen molar-refractivity contribution in [3.05, 3.63) is 6.92 Å². The average molecular weight is 274 g/mol. The van der Waals surface area contributed by atoms with Crippen molar-refractivity contribution in [2.45, 2.75) is 19.3 Å². The van der Waals surface area contributed by atoms with Crippen LogP contribution in [0.1, 0.15) is 19.3 Å². The SMILES string of the molecule is [Br-].[CH2-]CCCC#N.[Cd+2]. The quantitative estimate of drug-likeness (QED) is 0.342. The fraction of sp³-hybridized carbons (Fsp3) is 0.600. The Labute approximate surface area is 81.4 Å². The normalized spacial score (nSPS) is 5.50. The van der Waals surface area contributed by atoms with Crippen LogP contribution < -0.4 is 17.0 Å². The van der Waals surface area contributed by atoms with Gasteiger partial charge in [-0.2, -0.15) is 11.7 Å². The molecule has 0 aliphatic heterocycles. The number of rotatable bonds is 2. The molecular weight excluding hydrogens is 266 g/mol. The average Bonchev–Trinajstić information content (AvgIpc) is 1.61. The summed E-state index contributed by atoms with van der Waals surface area (Å²) in [5, 5.41) is 7.92. The van der Waals surface area contributed by atoms with Crippen LogP contribution in [0.4, 0.5) is 0 Å². The van der Waals surface area contributed by atoms with Gasteiger partial charge in [-0.3, -0.25) is 0 Å². The van der Waals surface area contributed by atoms with Gasteiger partial charge in [0.2, 0.25) is 0 Å². The molecule has 3 heteroatoms. The molecule has 0 aliphatic carbocycles. The van der Waals surface area contributed by atoms with E-state index in [0.717, 1.165) is 12.8 Å². The Morgan fingerprint density at radius 1 is 1.50 bits per heavy atom. The smallest absolute Gasteiger partial charge is 1.00 e. The van der Waals surface area contributed by atoms with Crippen molar-refractivity contribution in [2.24, 2.45) is 0 Å². The second kappa shape index (κ2) is 15.7. The Morgan fingerprint density at radius 3 is 2.12 bits per heavy atom. The van der Waals surface area contributed by atoms with Gasteiger partial charge in [0, 0.05) is 6.42 Å². The van der Waals surface area contributed by atoms with Crippen molar-refractivity contribution >= 4 is 0 Å². The Balaban J connectivity index is -0.000000125. The Bertz CT molecular complexity index is 59.9. The summed E-state index contributed by atoms with van der Waals surface area (Å²) in [4.78, 5) is 0. The standard InChI is InChI=1S/C5H8N.BrH.Cd/c1-2-3-4-5-6;;/h1-4H2;1H;/q-1;;+2/p-1. The van der Waals surface area contributed by atoms with Crippen molar-refractivity contribution in [1.82, 2.24) is 0 Å². The van der Waals surface area contributed by atoms with Crippen LogP contribution in [0.25, 0.3) is 0 Å². The summed E-state index contributed by atoms with van der Waals surface area (Å²) in [5.41, 5.74) is 0. The second-order valence-electron chi connectivity index (χ2n) is 1.12. The van der Waals surface area contributed by atoms with Gasteiger partial charge in [-0.25, -0.2) is 0 Å². The molecule has 42 valence electrons. The maximum Gasteiger partial charge on any atom is 2.00 e. The molecule has 0 atom stereocenters. The van der Waals surface area contributed by atoms with Crippen LogP contribution in [0.3, 0.4) is 0 Å². The molecule has 0 N–H and O–H groups in total. The van der Waals surface area contributed by atoms with E-state index >= 15 is 0 Å². The molecule has 0 rings (SSSR count). The predicted molar refractivity (Wildman–Crippen MR) is 24.8 cm³/mol. The van der Waals surface area contributed by atoms with Crippen LogP contribution in [-0.2, 0) is 27.3 Å². The summed E-state index contributed by atoms with van der Waals surface area (Å²) in [7, 11) is 0. The number of unbranched alkanes of at least 4 members (excludes halogenated alkanes) is 2. The third-order valence-electron chi connectivity index (χ3n) is 0.539. The summed E-state index contributed by atoms with van der Waals surface area (Å²) in [6.07, 6.45) is 2.48. The van der Waals surface area contributed by atoms with E-state index in [4.69, 9.17) is 5.26 Å². The summed E-state index contributed by atoms with van der Waals surface area (Å²) in [5.74, 6) is 0. The molecule has 0 heterocycles. The first kappa shape index (κ1) is 16.0. The maximum absolute atomic E-state index is 7.92. The zero-order chi connectivity index (χ0) is 4.83. The van der Waals surface area contributed by atoms with E-state index in [1.807, 2.05) is 6.07 Å². The van der Waals surface area contributed by atoms with Gasteiger partial charge in [0.1, 0.15) is 0 Å². The zero-order valence-electron chi connectivity index (χ0n) is 4.86. The van der Waals surface area contributed by atoms with Gasteiger partial charge in [-0.1, -0.05) is 6.42 Å². The molecule has 0 aromatic rings. The molecule has 0 spiro atoms. The van der Waals surface area contributed by atoms with Gasteiger partial charge in [0.05, 0.1) is 6.07 Å². The molecular formula is C5H8BrCdN. The monoisotopic (exact) mass is 275 g/mol. The third-order valence-corrected chi connectivity index (χ3v) is 0.539. The molecule has 0 saturated heterocycles. The van der Waals surface area contributed by atoms with E-state index in [-0.39, 0.29) is 44.3 Å². The Morgan fingerprint density at radius 2 is 2.00 bits per heavy atom. The van der Waals surface area contributed by atoms with Crippen molar-refractivity contribution in [3.63, 3.8) is 0 Å². The first-order valence-electron chi connectivity index (χ1n) is 2.08. The van der Waals surface area contributed by atoms with Gasteiger partial charge in [-0.15, -0.1) is 0 Å². The van der Waals surface area contributed by atoms with Crippen molar-refractivity contribution in [1.29, 1.82) is 5.26 Å². The Kier molecular flexibility index (Phi) is 31.2. The van der Waals surface area contributed by atoms with Crippen LogP contribution in [0, 0.1) is 18.3 Å². The van der Waals surface area contributed by atoms with E-state index in [1.165, 1.54) is 0 Å². The number of nitriles is 1. The number of nitrogens with zero attached hydrogens (tertiary/aromatic N) is 1. The molecule has 1 nitrogen and oxygen atoms in total. The molecule has 8 heavy (non-hydrogen) atoms. The molecule has 0 radical (unpaired) electrons. The zero-order valence-corrected chi connectivity index (χ0v) is 10.5. The first-order chi connectivity index (χ1) is 2.91. The van der Waals surface area contributed by atoms with Crippen LogP contribution in [0.5, 0.6) is 0 Å². The van der Waals surface area contributed by atoms with Crippen LogP contribution in [-0.4, -0.2) is 0 Å². The minimum absolute atomic E-state index is 0. The van der Waals surface area contributed by atoms with E-state index in [1.54, 1.807) is 0 Å². The first-order valence-corrected chi connectivity index (χ1v) is 2.08. The summed E-state index contributed by atoms with van der Waals surface area (Å²) >= 11 is 0. The van der Waals surface area contributed by atoms with Crippen molar-refractivity contribution in [3.8, 4) is 6.07 Å². The van der Waals surface area contributed by atoms with E-state index < -0.39 is 0 Å². The summed E-state index contributed by atoms with van der Waals surface area (Å²) < 4.78 is 0. The summed E-state index contributed by atoms with van der Waals surface area (Å²) in [6.45, 7) is 3.57. The Hall–Kier alpha value is 0.892. The fourth-order valence-electron chi connectivity index (χ4n) is 0.204. The van der Waals surface area contributed by atoms with Crippen molar-refractivity contribution in [2.75, 3.05) is 0 Å². The minimum Gasteiger partial charge on any atom is -1.00 e. The van der Waals surface area contributed by atoms with E-state index in [0.29, 0.717) is 6.42 Å². The van der Waals surface area contributed by atoms with E-state index in [2.05, 4.69) is 6.92 Å². The molecule has 0 aromatic heterocycles. The number of hydrogen-bond donors (Lipinski definition) is 0. The molecule has 0 fully saturated rings. The molecule has 0 amide bonds. The van der Waals surface area contributed by atoms with E-state index in [9.17, 15) is 0 Å². The molecule has 0 aromatic carbocycles. The number of hydrogen-bond acceptors (Lipinski definition) is 1. The van der Waals surface area contributed by atoms with Gasteiger partial charge in [0.25, 0.3) is 0 Å². The molecule has 0 unspecified atom stereocenters. The largest absolute Gasteiger partial charge is 2.00 e. The molecule has 0 aliphatic rings. The fourth-order valence-corrected chi connectivity index (χ4v) is 0.204. The van der Waals surface area contributed by atoms with Gasteiger partial charge < -0.3 is 23.9 Å². The van der Waals surface area contributed by atoms with Crippen LogP contribution >= 0.6 is 0 Å². The van der Waals surface area contributed by atoms with Crippen molar-refractivity contribution < 1.29 is 44.3 Å². The van der Waals surface area contributed by atoms with Gasteiger partial charge in [0.15, 0.2) is 0 Å². The summed E-state index contributed by atoms with van der Waals surface area (Å²) in [6, 6.07) is 2.03. The third kappa shape index (κ3) is 15.8. The second-order valence-corrected chi connectivity index (χ2v) is 1.12. The number of halogens is 1. The maximum atomic E-state index is 7.92. The predicted octanol–water partition coefficient (Wildman–Crippen LogP) is -1.48. The van der Waals surface area contributed by atoms with Crippen LogP contribution in [0.15, 0.2) is 0 Å². The van der Waals surface area contributed by atoms with Gasteiger partial charge in [-0.05, 0) is 0 Å². The van der Waals surface area contributed by atoms with Crippen LogP contribution in [0.2, 0.25) is 0 Å². The van der Waals surface area contributed by atoms with Gasteiger partial charge >= 0.3 is 27.3 Å².